The van der Waals surface area contributed by atoms with E-state index < -0.39 is 5.92 Å². The highest BCUT2D eigenvalue weighted by Crippen LogP contribution is 2.46. The number of nitrogens with zero attached hydrogens (tertiary/aromatic N) is 1. The maximum Gasteiger partial charge on any atom is 0.248 e. The lowest BCUT2D eigenvalue weighted by Gasteiger charge is -2.18. The van der Waals surface area contributed by atoms with Crippen LogP contribution in [-0.2, 0) is 6.42 Å². The molecule has 0 aromatic carbocycles. The van der Waals surface area contributed by atoms with Gasteiger partial charge in [-0.1, -0.05) is 0 Å². The molecule has 18 heavy (non-hydrogen) atoms. The predicted octanol–water partition coefficient (Wildman–Crippen LogP) is 3.42. The molecule has 0 spiro atoms. The summed E-state index contributed by atoms with van der Waals surface area (Å²) < 4.78 is 26.5. The Morgan fingerprint density at radius 2 is 2.22 bits per heavy atom. The van der Waals surface area contributed by atoms with Crippen LogP contribution in [0.4, 0.5) is 8.78 Å². The van der Waals surface area contributed by atoms with Crippen LogP contribution in [0.3, 0.4) is 0 Å². The van der Waals surface area contributed by atoms with Gasteiger partial charge in [-0.25, -0.2) is 13.8 Å². The van der Waals surface area contributed by atoms with Gasteiger partial charge in [0.25, 0.3) is 0 Å². The van der Waals surface area contributed by atoms with Crippen LogP contribution in [0.1, 0.15) is 59.5 Å². The SMILES string of the molecule is NCC1CCCc2sc(C3CCC(F)(F)C3)nc21. The normalized spacial score (nSPS) is 30.4. The van der Waals surface area contributed by atoms with Crippen molar-refractivity contribution in [1.82, 2.24) is 4.98 Å². The number of aromatic nitrogens is 1. The lowest BCUT2D eigenvalue weighted by molar-refractivity contribution is 0.00776. The molecule has 2 unspecified atom stereocenters. The molecule has 0 aliphatic heterocycles. The quantitative estimate of drug-likeness (QED) is 0.896. The van der Waals surface area contributed by atoms with Crippen LogP contribution >= 0.6 is 11.3 Å². The average Bonchev–Trinajstić information content (AvgIpc) is 2.91. The van der Waals surface area contributed by atoms with Gasteiger partial charge in [-0.05, 0) is 25.7 Å². The summed E-state index contributed by atoms with van der Waals surface area (Å²) in [5.41, 5.74) is 6.88. The molecule has 2 aliphatic rings. The average molecular weight is 272 g/mol. The number of alkyl halides is 2. The lowest BCUT2D eigenvalue weighted by atomic mass is 9.91. The Balaban J connectivity index is 1.85. The summed E-state index contributed by atoms with van der Waals surface area (Å²) in [4.78, 5) is 5.95. The largest absolute Gasteiger partial charge is 0.330 e. The predicted molar refractivity (Wildman–Crippen MR) is 68.4 cm³/mol. The highest BCUT2D eigenvalue weighted by molar-refractivity contribution is 7.11. The van der Waals surface area contributed by atoms with Gasteiger partial charge < -0.3 is 5.73 Å². The fourth-order valence-corrected chi connectivity index (χ4v) is 4.42. The van der Waals surface area contributed by atoms with Crippen LogP contribution in [0, 0.1) is 0 Å². The molecule has 5 heteroatoms. The molecule has 1 heterocycles. The lowest BCUT2D eigenvalue weighted by Crippen LogP contribution is -2.17. The van der Waals surface area contributed by atoms with Crippen LogP contribution < -0.4 is 5.73 Å². The van der Waals surface area contributed by atoms with Gasteiger partial charge in [-0.3, -0.25) is 0 Å². The van der Waals surface area contributed by atoms with Crippen molar-refractivity contribution in [3.8, 4) is 0 Å². The van der Waals surface area contributed by atoms with Crippen LogP contribution in [0.5, 0.6) is 0 Å². The first-order valence-electron chi connectivity index (χ1n) is 6.66. The molecule has 0 amide bonds. The second-order valence-electron chi connectivity index (χ2n) is 5.48. The molecule has 2 nitrogen and oxygen atoms in total. The highest BCUT2D eigenvalue weighted by Gasteiger charge is 2.41. The zero-order chi connectivity index (χ0) is 12.8. The summed E-state index contributed by atoms with van der Waals surface area (Å²) in [6.07, 6.45) is 3.86. The smallest absolute Gasteiger partial charge is 0.248 e. The summed E-state index contributed by atoms with van der Waals surface area (Å²) in [7, 11) is 0. The topological polar surface area (TPSA) is 38.9 Å². The minimum Gasteiger partial charge on any atom is -0.330 e. The Morgan fingerprint density at radius 1 is 1.39 bits per heavy atom. The van der Waals surface area contributed by atoms with Crippen molar-refractivity contribution in [2.24, 2.45) is 5.73 Å². The van der Waals surface area contributed by atoms with Crippen molar-refractivity contribution in [2.45, 2.75) is 56.3 Å². The van der Waals surface area contributed by atoms with E-state index in [9.17, 15) is 8.78 Å². The Labute approximate surface area is 110 Å². The third kappa shape index (κ3) is 2.18. The highest BCUT2D eigenvalue weighted by atomic mass is 32.1. The molecule has 0 radical (unpaired) electrons. The molecule has 2 aliphatic carbocycles. The molecule has 2 atom stereocenters. The van der Waals surface area contributed by atoms with E-state index in [1.54, 1.807) is 11.3 Å². The fourth-order valence-electron chi connectivity index (χ4n) is 3.09. The number of thiazole rings is 1. The van der Waals surface area contributed by atoms with Crippen LogP contribution in [0.2, 0.25) is 0 Å². The van der Waals surface area contributed by atoms with E-state index in [0.717, 1.165) is 30.0 Å². The van der Waals surface area contributed by atoms with E-state index >= 15 is 0 Å². The molecular weight excluding hydrogens is 254 g/mol. The minimum atomic E-state index is -2.48. The first-order chi connectivity index (χ1) is 8.59. The second kappa shape index (κ2) is 4.53. The Morgan fingerprint density at radius 3 is 2.89 bits per heavy atom. The zero-order valence-corrected chi connectivity index (χ0v) is 11.1. The zero-order valence-electron chi connectivity index (χ0n) is 10.3. The van der Waals surface area contributed by atoms with Gasteiger partial charge >= 0.3 is 0 Å². The van der Waals surface area contributed by atoms with Crippen molar-refractivity contribution in [3.05, 3.63) is 15.6 Å². The number of aryl methyl sites for hydroxylation is 1. The first-order valence-corrected chi connectivity index (χ1v) is 7.48. The number of halogens is 2. The monoisotopic (exact) mass is 272 g/mol. The Hall–Kier alpha value is -0.550. The van der Waals surface area contributed by atoms with Gasteiger partial charge in [0, 0.05) is 36.1 Å². The molecule has 3 rings (SSSR count). The van der Waals surface area contributed by atoms with Crippen molar-refractivity contribution in [1.29, 1.82) is 0 Å². The van der Waals surface area contributed by atoms with Crippen molar-refractivity contribution < 1.29 is 8.78 Å². The summed E-state index contributed by atoms with van der Waals surface area (Å²) >= 11 is 1.65. The Kier molecular flexibility index (Phi) is 3.14. The van der Waals surface area contributed by atoms with E-state index in [1.165, 1.54) is 4.88 Å². The van der Waals surface area contributed by atoms with E-state index in [-0.39, 0.29) is 18.8 Å². The van der Waals surface area contributed by atoms with E-state index in [4.69, 9.17) is 5.73 Å². The summed E-state index contributed by atoms with van der Waals surface area (Å²) in [5, 5.41) is 0.928. The molecule has 1 fully saturated rings. The first kappa shape index (κ1) is 12.5. The number of fused-ring (bicyclic) bond motifs is 1. The molecule has 100 valence electrons. The number of hydrogen-bond acceptors (Lipinski definition) is 3. The van der Waals surface area contributed by atoms with Crippen molar-refractivity contribution >= 4 is 11.3 Å². The van der Waals surface area contributed by atoms with Gasteiger partial charge in [-0.2, -0.15) is 0 Å². The van der Waals surface area contributed by atoms with Gasteiger partial charge in [0.05, 0.1) is 10.7 Å². The number of nitrogens with two attached hydrogens (primary N) is 1. The molecule has 0 saturated heterocycles. The minimum absolute atomic E-state index is 0.0161. The van der Waals surface area contributed by atoms with Crippen LogP contribution in [0.25, 0.3) is 0 Å². The molecule has 2 N–H and O–H groups in total. The maximum absolute atomic E-state index is 13.3. The van der Waals surface area contributed by atoms with E-state index in [0.29, 0.717) is 18.9 Å². The van der Waals surface area contributed by atoms with E-state index in [2.05, 4.69) is 4.98 Å². The van der Waals surface area contributed by atoms with Gasteiger partial charge in [0.1, 0.15) is 0 Å². The van der Waals surface area contributed by atoms with Crippen molar-refractivity contribution in [2.75, 3.05) is 6.54 Å². The van der Waals surface area contributed by atoms with Crippen LogP contribution in [-0.4, -0.2) is 17.5 Å². The molecule has 1 saturated carbocycles. The summed E-state index contributed by atoms with van der Waals surface area (Å²) in [6, 6.07) is 0. The molecule has 1 aromatic rings. The van der Waals surface area contributed by atoms with Gasteiger partial charge in [0.15, 0.2) is 0 Å². The maximum atomic E-state index is 13.3. The standard InChI is InChI=1S/C13H18F2N2S/c14-13(15)5-4-8(6-13)12-17-11-9(7-16)2-1-3-10(11)18-12/h8-9H,1-7,16H2. The summed E-state index contributed by atoms with van der Waals surface area (Å²) in [6.45, 7) is 0.622. The Bertz CT molecular complexity index is 444. The third-order valence-electron chi connectivity index (χ3n) is 4.12. The number of rotatable bonds is 2. The fraction of sp³-hybridized carbons (Fsp3) is 0.769. The van der Waals surface area contributed by atoms with Crippen LogP contribution in [0.15, 0.2) is 0 Å². The third-order valence-corrected chi connectivity index (χ3v) is 5.42. The summed E-state index contributed by atoms with van der Waals surface area (Å²) in [5.74, 6) is -2.17. The molecular formula is C13H18F2N2S. The number of hydrogen-bond donors (Lipinski definition) is 1. The van der Waals surface area contributed by atoms with Crippen molar-refractivity contribution in [3.63, 3.8) is 0 Å². The van der Waals surface area contributed by atoms with Gasteiger partial charge in [-0.15, -0.1) is 11.3 Å². The molecule has 0 bridgehead atoms. The second-order valence-corrected chi connectivity index (χ2v) is 6.60. The van der Waals surface area contributed by atoms with Gasteiger partial charge in [0.2, 0.25) is 5.92 Å². The van der Waals surface area contributed by atoms with E-state index in [1.807, 2.05) is 0 Å². The molecule has 1 aromatic heterocycles.